The maximum absolute atomic E-state index is 13.6. The highest BCUT2D eigenvalue weighted by Gasteiger charge is 2.29. The van der Waals surface area contributed by atoms with Gasteiger partial charge < -0.3 is 4.42 Å². The molecule has 0 saturated heterocycles. The highest BCUT2D eigenvalue weighted by Crippen LogP contribution is 2.28. The van der Waals surface area contributed by atoms with Crippen molar-refractivity contribution in [3.8, 4) is 0 Å². The molecule has 148 valence electrons. The molecule has 0 atom stereocenters. The van der Waals surface area contributed by atoms with Gasteiger partial charge in [-0.05, 0) is 68.7 Å². The van der Waals surface area contributed by atoms with E-state index in [0.717, 1.165) is 11.3 Å². The number of furan rings is 1. The minimum Gasteiger partial charge on any atom is -0.465 e. The number of aryl methyl sites for hydroxylation is 4. The Kier molecular flexibility index (Phi) is 5.72. The van der Waals surface area contributed by atoms with Gasteiger partial charge in [-0.3, -0.25) is 0 Å². The Hall–Kier alpha value is -2.44. The van der Waals surface area contributed by atoms with Gasteiger partial charge in [-0.2, -0.15) is 4.31 Å². The van der Waals surface area contributed by atoms with Crippen LogP contribution in [0.25, 0.3) is 0 Å². The van der Waals surface area contributed by atoms with Crippen molar-refractivity contribution in [2.24, 2.45) is 0 Å². The quantitative estimate of drug-likeness (QED) is 0.581. The molecule has 2 aromatic carbocycles. The average molecular weight is 402 g/mol. The summed E-state index contributed by atoms with van der Waals surface area (Å²) in [7, 11) is -3.80. The van der Waals surface area contributed by atoms with E-state index in [1.54, 1.807) is 38.1 Å². The zero-order valence-corrected chi connectivity index (χ0v) is 17.3. The summed E-state index contributed by atoms with van der Waals surface area (Å²) in [4.78, 5) is 0.309. The van der Waals surface area contributed by atoms with Crippen LogP contribution in [0.1, 0.15) is 33.8 Å². The van der Waals surface area contributed by atoms with Crippen LogP contribution < -0.4 is 0 Å². The van der Waals surface area contributed by atoms with Gasteiger partial charge in [0.1, 0.15) is 17.3 Å². The predicted molar refractivity (Wildman–Crippen MR) is 107 cm³/mol. The van der Waals surface area contributed by atoms with E-state index in [4.69, 9.17) is 4.42 Å². The van der Waals surface area contributed by atoms with Crippen LogP contribution in [0.5, 0.6) is 0 Å². The number of hydrogen-bond donors (Lipinski definition) is 0. The molecule has 0 aliphatic rings. The molecule has 0 radical (unpaired) electrons. The van der Waals surface area contributed by atoms with E-state index in [0.29, 0.717) is 27.3 Å². The molecule has 4 nitrogen and oxygen atoms in total. The Morgan fingerprint density at radius 1 is 0.893 bits per heavy atom. The lowest BCUT2D eigenvalue weighted by molar-refractivity contribution is 0.353. The first-order chi connectivity index (χ1) is 13.2. The van der Waals surface area contributed by atoms with Crippen LogP contribution in [0.15, 0.2) is 57.8 Å². The molecule has 1 heterocycles. The minimum absolute atomic E-state index is 0.0975. The summed E-state index contributed by atoms with van der Waals surface area (Å²) in [6.07, 6.45) is 0. The second kappa shape index (κ2) is 7.89. The molecular weight excluding hydrogens is 377 g/mol. The number of sulfonamides is 1. The standard InChI is InChI=1S/C22H24FNO3S/c1-15-11-16(2)22(17(3)12-15)28(25,26)24(14-21-10-5-18(4)27-21)13-19-6-8-20(23)9-7-19/h5-12H,13-14H2,1-4H3. The van der Waals surface area contributed by atoms with Gasteiger partial charge in [0.2, 0.25) is 10.0 Å². The Morgan fingerprint density at radius 2 is 1.50 bits per heavy atom. The smallest absolute Gasteiger partial charge is 0.244 e. The summed E-state index contributed by atoms with van der Waals surface area (Å²) in [5.74, 6) is 0.924. The highest BCUT2D eigenvalue weighted by molar-refractivity contribution is 7.89. The third-order valence-corrected chi connectivity index (χ3v) is 6.70. The van der Waals surface area contributed by atoms with E-state index < -0.39 is 10.0 Å². The van der Waals surface area contributed by atoms with Crippen molar-refractivity contribution in [3.05, 3.63) is 88.1 Å². The molecule has 0 amide bonds. The van der Waals surface area contributed by atoms with Gasteiger partial charge in [-0.25, -0.2) is 12.8 Å². The van der Waals surface area contributed by atoms with Crippen LogP contribution in [0.3, 0.4) is 0 Å². The molecule has 28 heavy (non-hydrogen) atoms. The van der Waals surface area contributed by atoms with Crippen molar-refractivity contribution in [3.63, 3.8) is 0 Å². The molecule has 0 aliphatic heterocycles. The first-order valence-electron chi connectivity index (χ1n) is 9.04. The Bertz CT molecular complexity index is 1060. The van der Waals surface area contributed by atoms with Crippen molar-refractivity contribution < 1.29 is 17.2 Å². The molecule has 0 bridgehead atoms. The molecule has 0 fully saturated rings. The summed E-state index contributed by atoms with van der Waals surface area (Å²) >= 11 is 0. The maximum atomic E-state index is 13.6. The fourth-order valence-electron chi connectivity index (χ4n) is 3.47. The molecule has 3 rings (SSSR count). The second-order valence-corrected chi connectivity index (χ2v) is 9.01. The molecule has 0 saturated carbocycles. The van der Waals surface area contributed by atoms with Gasteiger partial charge in [0.05, 0.1) is 11.4 Å². The Balaban J connectivity index is 2.05. The lowest BCUT2D eigenvalue weighted by Gasteiger charge is -2.24. The summed E-state index contributed by atoms with van der Waals surface area (Å²) in [5, 5.41) is 0. The largest absolute Gasteiger partial charge is 0.465 e. The molecule has 6 heteroatoms. The molecule has 0 spiro atoms. The van der Waals surface area contributed by atoms with Gasteiger partial charge >= 0.3 is 0 Å². The SMILES string of the molecule is Cc1cc(C)c(S(=O)(=O)N(Cc2ccc(F)cc2)Cc2ccc(C)o2)c(C)c1. The fourth-order valence-corrected chi connectivity index (χ4v) is 5.27. The lowest BCUT2D eigenvalue weighted by atomic mass is 10.1. The van der Waals surface area contributed by atoms with E-state index in [9.17, 15) is 12.8 Å². The van der Waals surface area contributed by atoms with E-state index in [2.05, 4.69) is 0 Å². The average Bonchev–Trinajstić information content (AvgIpc) is 3.00. The van der Waals surface area contributed by atoms with Crippen LogP contribution in [-0.2, 0) is 23.1 Å². The maximum Gasteiger partial charge on any atom is 0.244 e. The van der Waals surface area contributed by atoms with Gasteiger partial charge in [0, 0.05) is 6.54 Å². The Morgan fingerprint density at radius 3 is 2.04 bits per heavy atom. The van der Waals surface area contributed by atoms with E-state index in [1.807, 2.05) is 26.0 Å². The number of halogens is 1. The van der Waals surface area contributed by atoms with Crippen molar-refractivity contribution in [2.45, 2.75) is 45.7 Å². The zero-order chi connectivity index (χ0) is 20.5. The fraction of sp³-hybridized carbons (Fsp3) is 0.273. The first-order valence-corrected chi connectivity index (χ1v) is 10.5. The van der Waals surface area contributed by atoms with Crippen molar-refractivity contribution >= 4 is 10.0 Å². The molecule has 0 aliphatic carbocycles. The summed E-state index contributed by atoms with van der Waals surface area (Å²) in [5.41, 5.74) is 3.13. The predicted octanol–water partition coefficient (Wildman–Crippen LogP) is 5.04. The summed E-state index contributed by atoms with van der Waals surface area (Å²) < 4.78 is 47.4. The summed E-state index contributed by atoms with van der Waals surface area (Å²) in [6.45, 7) is 7.59. The highest BCUT2D eigenvalue weighted by atomic mass is 32.2. The summed E-state index contributed by atoms with van der Waals surface area (Å²) in [6, 6.07) is 13.2. The number of rotatable bonds is 6. The van der Waals surface area contributed by atoms with Crippen LogP contribution in [-0.4, -0.2) is 12.7 Å². The van der Waals surface area contributed by atoms with Crippen molar-refractivity contribution in [1.29, 1.82) is 0 Å². The van der Waals surface area contributed by atoms with Crippen LogP contribution in [0, 0.1) is 33.5 Å². The molecule has 0 unspecified atom stereocenters. The van der Waals surface area contributed by atoms with Gasteiger partial charge in [-0.15, -0.1) is 0 Å². The van der Waals surface area contributed by atoms with E-state index >= 15 is 0 Å². The molecule has 1 aromatic heterocycles. The normalized spacial score (nSPS) is 11.9. The third-order valence-electron chi connectivity index (χ3n) is 4.60. The lowest BCUT2D eigenvalue weighted by Crippen LogP contribution is -2.31. The Labute approximate surface area is 165 Å². The number of nitrogens with zero attached hydrogens (tertiary/aromatic N) is 1. The van der Waals surface area contributed by atoms with Crippen LogP contribution in [0.2, 0.25) is 0 Å². The van der Waals surface area contributed by atoms with Gasteiger partial charge in [0.15, 0.2) is 0 Å². The minimum atomic E-state index is -3.80. The van der Waals surface area contributed by atoms with E-state index in [-0.39, 0.29) is 18.9 Å². The topological polar surface area (TPSA) is 50.5 Å². The molecule has 0 N–H and O–H groups in total. The monoisotopic (exact) mass is 401 g/mol. The van der Waals surface area contributed by atoms with Gasteiger partial charge in [0.25, 0.3) is 0 Å². The van der Waals surface area contributed by atoms with Crippen molar-refractivity contribution in [2.75, 3.05) is 0 Å². The van der Waals surface area contributed by atoms with Crippen LogP contribution in [0.4, 0.5) is 4.39 Å². The first kappa shape index (κ1) is 20.3. The zero-order valence-electron chi connectivity index (χ0n) is 16.5. The number of benzene rings is 2. The van der Waals surface area contributed by atoms with E-state index in [1.165, 1.54) is 16.4 Å². The number of hydrogen-bond acceptors (Lipinski definition) is 3. The van der Waals surface area contributed by atoms with Crippen molar-refractivity contribution in [1.82, 2.24) is 4.31 Å². The molecule has 3 aromatic rings. The third kappa shape index (κ3) is 4.34. The van der Waals surface area contributed by atoms with Gasteiger partial charge in [-0.1, -0.05) is 29.8 Å². The second-order valence-electron chi connectivity index (χ2n) is 7.14. The molecular formula is C22H24FNO3S. The van der Waals surface area contributed by atoms with Crippen LogP contribution >= 0.6 is 0 Å².